The van der Waals surface area contributed by atoms with E-state index in [1.54, 1.807) is 0 Å². The number of aliphatic hydroxyl groups excluding tert-OH is 3. The second-order valence-electron chi connectivity index (χ2n) is 3.48. The van der Waals surface area contributed by atoms with Gasteiger partial charge in [-0.2, -0.15) is 0 Å². The predicted octanol–water partition coefficient (Wildman–Crippen LogP) is 1.02. The number of nitrogens with zero attached hydrogens (tertiary/aromatic N) is 1. The second-order valence-corrected chi connectivity index (χ2v) is 3.92. The van der Waals surface area contributed by atoms with Crippen LogP contribution in [0.15, 0.2) is 18.2 Å². The molecular weight excluding hydrogens is 250 g/mol. The molecule has 2 atom stereocenters. The zero-order valence-electron chi connectivity index (χ0n) is 8.78. The lowest BCUT2D eigenvalue weighted by Crippen LogP contribution is -2.20. The van der Waals surface area contributed by atoms with E-state index in [2.05, 4.69) is 0 Å². The monoisotopic (exact) mass is 261 g/mol. The summed E-state index contributed by atoms with van der Waals surface area (Å²) in [7, 11) is 0. The van der Waals surface area contributed by atoms with Crippen LogP contribution in [0.1, 0.15) is 18.1 Å². The van der Waals surface area contributed by atoms with Gasteiger partial charge in [0.05, 0.1) is 16.6 Å². The predicted molar refractivity (Wildman–Crippen MR) is 60.8 cm³/mol. The van der Waals surface area contributed by atoms with Crippen molar-refractivity contribution >= 4 is 17.3 Å². The fourth-order valence-electron chi connectivity index (χ4n) is 1.42. The first-order valence-corrected chi connectivity index (χ1v) is 5.26. The van der Waals surface area contributed by atoms with Crippen LogP contribution in [0.3, 0.4) is 0 Å². The van der Waals surface area contributed by atoms with E-state index in [1.807, 2.05) is 0 Å². The molecule has 2 unspecified atom stereocenters. The van der Waals surface area contributed by atoms with Gasteiger partial charge in [0.25, 0.3) is 5.69 Å². The van der Waals surface area contributed by atoms with Crippen LogP contribution in [-0.4, -0.2) is 33.0 Å². The Kier molecular flexibility index (Phi) is 4.83. The normalized spacial score (nSPS) is 14.4. The number of rotatable bonds is 5. The van der Waals surface area contributed by atoms with Crippen molar-refractivity contribution in [2.24, 2.45) is 0 Å². The molecule has 17 heavy (non-hydrogen) atoms. The van der Waals surface area contributed by atoms with Gasteiger partial charge in [-0.25, -0.2) is 0 Å². The van der Waals surface area contributed by atoms with Crippen LogP contribution < -0.4 is 0 Å². The van der Waals surface area contributed by atoms with Crippen LogP contribution >= 0.6 is 11.6 Å². The highest BCUT2D eigenvalue weighted by molar-refractivity contribution is 6.30. The minimum atomic E-state index is -1.43. The molecule has 7 heteroatoms. The molecule has 0 aliphatic carbocycles. The summed E-state index contributed by atoms with van der Waals surface area (Å²) in [5.41, 5.74) is -0.387. The molecule has 0 spiro atoms. The first-order valence-electron chi connectivity index (χ1n) is 4.88. The van der Waals surface area contributed by atoms with Crippen molar-refractivity contribution in [2.75, 3.05) is 6.61 Å². The summed E-state index contributed by atoms with van der Waals surface area (Å²) in [6.45, 7) is -0.320. The molecule has 0 aliphatic rings. The molecule has 3 N–H and O–H groups in total. The second kappa shape index (κ2) is 5.92. The van der Waals surface area contributed by atoms with E-state index in [4.69, 9.17) is 16.7 Å². The fraction of sp³-hybridized carbons (Fsp3) is 0.400. The van der Waals surface area contributed by atoms with Crippen molar-refractivity contribution in [3.63, 3.8) is 0 Å². The molecule has 94 valence electrons. The van der Waals surface area contributed by atoms with Gasteiger partial charge in [0.2, 0.25) is 0 Å². The van der Waals surface area contributed by atoms with Crippen LogP contribution in [0.25, 0.3) is 0 Å². The fourth-order valence-corrected chi connectivity index (χ4v) is 1.59. The van der Waals surface area contributed by atoms with Gasteiger partial charge in [-0.15, -0.1) is 0 Å². The van der Waals surface area contributed by atoms with Crippen LogP contribution in [0.2, 0.25) is 5.02 Å². The summed E-state index contributed by atoms with van der Waals surface area (Å²) >= 11 is 5.62. The summed E-state index contributed by atoms with van der Waals surface area (Å²) in [5, 5.41) is 38.8. The maximum Gasteiger partial charge on any atom is 0.276 e. The summed E-state index contributed by atoms with van der Waals surface area (Å²) in [4.78, 5) is 10.1. The Bertz CT molecular complexity index is 412. The highest BCUT2D eigenvalue weighted by Gasteiger charge is 2.26. The van der Waals surface area contributed by atoms with E-state index < -0.39 is 17.1 Å². The topological polar surface area (TPSA) is 104 Å². The Labute approximate surface area is 102 Å². The average Bonchev–Trinajstić information content (AvgIpc) is 2.28. The zero-order chi connectivity index (χ0) is 13.0. The third-order valence-corrected chi connectivity index (χ3v) is 2.53. The van der Waals surface area contributed by atoms with Gasteiger partial charge in [0, 0.05) is 17.7 Å². The Morgan fingerprint density at radius 1 is 1.41 bits per heavy atom. The Hall–Kier alpha value is -1.21. The molecule has 0 fully saturated rings. The summed E-state index contributed by atoms with van der Waals surface area (Å²) in [5.74, 6) is 0. The van der Waals surface area contributed by atoms with Crippen LogP contribution in [0, 0.1) is 10.1 Å². The van der Waals surface area contributed by atoms with E-state index in [0.29, 0.717) is 0 Å². The molecule has 0 saturated heterocycles. The van der Waals surface area contributed by atoms with E-state index in [0.717, 1.165) is 6.07 Å². The van der Waals surface area contributed by atoms with Crippen molar-refractivity contribution in [3.05, 3.63) is 38.9 Å². The third kappa shape index (κ3) is 3.37. The molecule has 0 aliphatic heterocycles. The number of nitro groups is 1. The van der Waals surface area contributed by atoms with Crippen LogP contribution in [-0.2, 0) is 0 Å². The lowest BCUT2D eigenvalue weighted by molar-refractivity contribution is -0.386. The van der Waals surface area contributed by atoms with Gasteiger partial charge >= 0.3 is 0 Å². The highest BCUT2D eigenvalue weighted by Crippen LogP contribution is 2.30. The van der Waals surface area contributed by atoms with Gasteiger partial charge in [-0.05, 0) is 18.6 Å². The number of benzene rings is 1. The van der Waals surface area contributed by atoms with Gasteiger partial charge in [0.15, 0.2) is 0 Å². The van der Waals surface area contributed by atoms with Gasteiger partial charge in [0.1, 0.15) is 6.10 Å². The number of hydrogen-bond donors (Lipinski definition) is 3. The molecule has 0 saturated carbocycles. The minimum Gasteiger partial charge on any atom is -0.396 e. The Morgan fingerprint density at radius 3 is 2.59 bits per heavy atom. The van der Waals surface area contributed by atoms with Crippen molar-refractivity contribution in [3.8, 4) is 0 Å². The number of hydrogen-bond acceptors (Lipinski definition) is 5. The van der Waals surface area contributed by atoms with Crippen molar-refractivity contribution < 1.29 is 20.2 Å². The molecule has 0 heterocycles. The van der Waals surface area contributed by atoms with Crippen molar-refractivity contribution in [1.29, 1.82) is 0 Å². The van der Waals surface area contributed by atoms with Crippen molar-refractivity contribution in [2.45, 2.75) is 18.6 Å². The van der Waals surface area contributed by atoms with Crippen molar-refractivity contribution in [1.82, 2.24) is 0 Å². The molecule has 0 amide bonds. The smallest absolute Gasteiger partial charge is 0.276 e. The number of nitro benzene ring substituents is 1. The maximum absolute atomic E-state index is 10.8. The molecule has 1 aromatic carbocycles. The highest BCUT2D eigenvalue weighted by atomic mass is 35.5. The minimum absolute atomic E-state index is 0.0275. The summed E-state index contributed by atoms with van der Waals surface area (Å²) in [6, 6.07) is 3.77. The van der Waals surface area contributed by atoms with E-state index >= 15 is 0 Å². The first-order chi connectivity index (χ1) is 7.97. The zero-order valence-corrected chi connectivity index (χ0v) is 9.54. The molecular formula is C10H12ClNO5. The molecule has 1 rings (SSSR count). The van der Waals surface area contributed by atoms with E-state index in [1.165, 1.54) is 12.1 Å². The quantitative estimate of drug-likeness (QED) is 0.542. The third-order valence-electron chi connectivity index (χ3n) is 2.30. The van der Waals surface area contributed by atoms with Gasteiger partial charge in [-0.3, -0.25) is 10.1 Å². The van der Waals surface area contributed by atoms with Crippen LogP contribution in [0.4, 0.5) is 5.69 Å². The lowest BCUT2D eigenvalue weighted by atomic mass is 10.0. The summed E-state index contributed by atoms with van der Waals surface area (Å²) in [6.07, 6.45) is -2.76. The van der Waals surface area contributed by atoms with E-state index in [-0.39, 0.29) is 29.3 Å². The maximum atomic E-state index is 10.8. The molecule has 0 bridgehead atoms. The average molecular weight is 262 g/mol. The molecule has 1 aromatic rings. The molecule has 6 nitrogen and oxygen atoms in total. The van der Waals surface area contributed by atoms with E-state index in [9.17, 15) is 20.3 Å². The Balaban J connectivity index is 3.08. The molecule has 0 radical (unpaired) electrons. The largest absolute Gasteiger partial charge is 0.396 e. The number of halogens is 1. The number of aliphatic hydroxyl groups is 3. The standard InChI is InChI=1S/C10H12ClNO5/c11-6-1-2-7(8(5-6)12(16)17)10(15)9(14)3-4-13/h1-2,5,9-10,13-15H,3-4H2. The van der Waals surface area contributed by atoms with Gasteiger partial charge in [-0.1, -0.05) is 11.6 Å². The first kappa shape index (κ1) is 13.9. The lowest BCUT2D eigenvalue weighted by Gasteiger charge is -2.17. The van der Waals surface area contributed by atoms with Gasteiger partial charge < -0.3 is 15.3 Å². The SMILES string of the molecule is O=[N+]([O-])c1cc(Cl)ccc1C(O)C(O)CCO. The Morgan fingerprint density at radius 2 is 2.06 bits per heavy atom. The van der Waals surface area contributed by atoms with Crippen LogP contribution in [0.5, 0.6) is 0 Å². The summed E-state index contributed by atoms with van der Waals surface area (Å²) < 4.78 is 0. The molecule has 0 aromatic heterocycles.